The van der Waals surface area contributed by atoms with Crippen LogP contribution in [0, 0.1) is 0 Å². The molecule has 0 aliphatic carbocycles. The highest BCUT2D eigenvalue weighted by Crippen LogP contribution is 2.44. The van der Waals surface area contributed by atoms with Crippen molar-refractivity contribution in [1.82, 2.24) is 4.98 Å². The highest BCUT2D eigenvalue weighted by molar-refractivity contribution is 9.10. The molecule has 1 unspecified atom stereocenters. The second-order valence-electron chi connectivity index (χ2n) is 8.14. The quantitative estimate of drug-likeness (QED) is 0.404. The summed E-state index contributed by atoms with van der Waals surface area (Å²) in [5.74, 6) is -0.516. The Labute approximate surface area is 212 Å². The van der Waals surface area contributed by atoms with Crippen LogP contribution in [0.3, 0.4) is 0 Å². The maximum atomic E-state index is 12.8. The Balaban J connectivity index is 1.49. The third-order valence-corrected chi connectivity index (χ3v) is 7.54. The van der Waals surface area contributed by atoms with E-state index in [1.165, 1.54) is 11.3 Å². The number of hydrogen-bond donors (Lipinski definition) is 2. The van der Waals surface area contributed by atoms with Gasteiger partial charge in [0.15, 0.2) is 0 Å². The van der Waals surface area contributed by atoms with Gasteiger partial charge in [0.05, 0.1) is 22.7 Å². The maximum absolute atomic E-state index is 12.8. The third kappa shape index (κ3) is 3.73. The van der Waals surface area contributed by atoms with E-state index in [4.69, 9.17) is 5.10 Å². The summed E-state index contributed by atoms with van der Waals surface area (Å²) in [7, 11) is 0. The van der Waals surface area contributed by atoms with Crippen LogP contribution in [0.1, 0.15) is 28.5 Å². The molecule has 2 aliphatic heterocycles. The Morgan fingerprint density at radius 3 is 2.57 bits per heavy atom. The number of hydrogen-bond acceptors (Lipinski definition) is 7. The molecule has 0 spiro atoms. The lowest BCUT2D eigenvalue weighted by molar-refractivity contribution is -0.112. The summed E-state index contributed by atoms with van der Waals surface area (Å²) in [5, 5.41) is 29.6. The van der Waals surface area contributed by atoms with Crippen molar-refractivity contribution in [3.8, 4) is 11.6 Å². The second kappa shape index (κ2) is 8.44. The highest BCUT2D eigenvalue weighted by Gasteiger charge is 2.35. The molecule has 1 aromatic heterocycles. The molecular weight excluding hydrogens is 528 g/mol. The number of halogens is 1. The molecule has 1 atom stereocenters. The zero-order valence-electron chi connectivity index (χ0n) is 18.1. The number of aromatic hydroxyl groups is 2. The first-order valence-electron chi connectivity index (χ1n) is 10.8. The van der Waals surface area contributed by atoms with Crippen LogP contribution < -0.4 is 15.6 Å². The fourth-order valence-electron chi connectivity index (χ4n) is 4.37. The third-order valence-electron chi connectivity index (χ3n) is 6.00. The van der Waals surface area contributed by atoms with E-state index in [9.17, 15) is 15.0 Å². The lowest BCUT2D eigenvalue weighted by Crippen LogP contribution is -2.22. The van der Waals surface area contributed by atoms with Crippen LogP contribution in [0.5, 0.6) is 11.6 Å². The van der Waals surface area contributed by atoms with Gasteiger partial charge in [-0.15, -0.1) is 0 Å². The summed E-state index contributed by atoms with van der Waals surface area (Å²) in [6, 6.07) is 22.0. The van der Waals surface area contributed by atoms with Gasteiger partial charge >= 0.3 is 0 Å². The molecule has 2 aliphatic rings. The Morgan fingerprint density at radius 1 is 1.00 bits per heavy atom. The number of carbonyl (C=O) groups is 1. The molecule has 7 nitrogen and oxygen atoms in total. The number of anilines is 1. The van der Waals surface area contributed by atoms with Crippen molar-refractivity contribution in [3.05, 3.63) is 104 Å². The van der Waals surface area contributed by atoms with Gasteiger partial charge in [0.2, 0.25) is 11.0 Å². The van der Waals surface area contributed by atoms with Gasteiger partial charge in [0.1, 0.15) is 10.6 Å². The molecular formula is C26H17BrN4O3S. The van der Waals surface area contributed by atoms with Gasteiger partial charge in [-0.25, -0.2) is 10.0 Å². The number of benzene rings is 3. The van der Waals surface area contributed by atoms with E-state index in [1.54, 1.807) is 23.2 Å². The number of hydrazone groups is 1. The van der Waals surface area contributed by atoms with Crippen molar-refractivity contribution in [1.29, 1.82) is 0 Å². The monoisotopic (exact) mass is 544 g/mol. The van der Waals surface area contributed by atoms with Crippen LogP contribution in [0.15, 0.2) is 87.4 Å². The number of carbonyl (C=O) groups excluding carboxylic acids is 1. The fourth-order valence-corrected chi connectivity index (χ4v) is 5.74. The van der Waals surface area contributed by atoms with E-state index in [-0.39, 0.29) is 17.7 Å². The van der Waals surface area contributed by atoms with E-state index in [0.29, 0.717) is 38.1 Å². The van der Waals surface area contributed by atoms with Gasteiger partial charge < -0.3 is 10.2 Å². The molecule has 3 aromatic carbocycles. The van der Waals surface area contributed by atoms with E-state index in [1.807, 2.05) is 54.6 Å². The molecule has 35 heavy (non-hydrogen) atoms. The Kier molecular flexibility index (Phi) is 5.23. The highest BCUT2D eigenvalue weighted by atomic mass is 79.9. The predicted octanol–water partition coefficient (Wildman–Crippen LogP) is 4.03. The topological polar surface area (TPSA) is 98.4 Å². The van der Waals surface area contributed by atoms with Crippen molar-refractivity contribution < 1.29 is 15.0 Å². The molecule has 172 valence electrons. The first kappa shape index (κ1) is 21.7. The van der Waals surface area contributed by atoms with E-state index < -0.39 is 5.91 Å². The number of fused-ring (bicyclic) bond motifs is 1. The van der Waals surface area contributed by atoms with Crippen molar-refractivity contribution in [2.24, 2.45) is 10.1 Å². The minimum absolute atomic E-state index is 0.158. The molecule has 2 N–H and O–H groups in total. The smallest absolute Gasteiger partial charge is 0.279 e. The summed E-state index contributed by atoms with van der Waals surface area (Å²) in [5.41, 5.74) is 2.82. The number of rotatable bonds is 4. The molecule has 0 saturated carbocycles. The number of phenols is 1. The number of aromatic nitrogens is 1. The first-order chi connectivity index (χ1) is 17.0. The molecule has 3 heterocycles. The van der Waals surface area contributed by atoms with Gasteiger partial charge in [-0.2, -0.15) is 10.1 Å². The lowest BCUT2D eigenvalue weighted by Gasteiger charge is -2.21. The average molecular weight is 545 g/mol. The van der Waals surface area contributed by atoms with Crippen LogP contribution in [-0.4, -0.2) is 26.8 Å². The van der Waals surface area contributed by atoms with Crippen LogP contribution in [0.2, 0.25) is 0 Å². The van der Waals surface area contributed by atoms with E-state index >= 15 is 0 Å². The first-order valence-corrected chi connectivity index (χ1v) is 12.4. The Bertz CT molecular complexity index is 1650. The predicted molar refractivity (Wildman–Crippen MR) is 137 cm³/mol. The molecule has 0 radical (unpaired) electrons. The molecule has 0 fully saturated rings. The van der Waals surface area contributed by atoms with Gasteiger partial charge in [-0.3, -0.25) is 4.79 Å². The van der Waals surface area contributed by atoms with Crippen LogP contribution in [0.4, 0.5) is 5.13 Å². The van der Waals surface area contributed by atoms with Crippen molar-refractivity contribution >= 4 is 49.6 Å². The van der Waals surface area contributed by atoms with Gasteiger partial charge in [0.25, 0.3) is 5.91 Å². The molecule has 9 heteroatoms. The van der Waals surface area contributed by atoms with Gasteiger partial charge in [-0.1, -0.05) is 75.8 Å². The lowest BCUT2D eigenvalue weighted by atomic mass is 9.98. The Morgan fingerprint density at radius 2 is 1.77 bits per heavy atom. The summed E-state index contributed by atoms with van der Waals surface area (Å²) in [4.78, 5) is 21.6. The molecule has 0 bridgehead atoms. The zero-order chi connectivity index (χ0) is 24.1. The van der Waals surface area contributed by atoms with E-state index in [2.05, 4.69) is 25.9 Å². The summed E-state index contributed by atoms with van der Waals surface area (Å²) >= 11 is 4.61. The standard InChI is InChI=1S/C26H17BrN4O3S/c27-15-10-11-18-17(12-15)22(24(33)28-18)23-25(34)29-26(35-23)31-20(16-8-4-5-9-21(16)32)13-19(30-31)14-6-2-1-3-7-14/h1-12,20,32,34H,13H2. The molecule has 6 rings (SSSR count). The molecule has 1 amide bonds. The normalized spacial score (nSPS) is 16.9. The van der Waals surface area contributed by atoms with Crippen molar-refractivity contribution in [2.75, 3.05) is 5.01 Å². The fraction of sp³-hybridized carbons (Fsp3) is 0.0769. The maximum Gasteiger partial charge on any atom is 0.279 e. The van der Waals surface area contributed by atoms with Crippen molar-refractivity contribution in [2.45, 2.75) is 12.5 Å². The number of amides is 1. The number of phenolic OH excluding ortho intramolecular Hbond substituents is 1. The SMILES string of the molecule is O=C1N=c2ccc(Br)cc2=C1c1sc(N2N=C(c3ccccc3)CC2c2ccccc2O)nc1O. The molecule has 4 aromatic rings. The molecule has 0 saturated heterocycles. The minimum atomic E-state index is -0.421. The van der Waals surface area contributed by atoms with Crippen molar-refractivity contribution in [3.63, 3.8) is 0 Å². The summed E-state index contributed by atoms with van der Waals surface area (Å²) in [6.45, 7) is 0. The average Bonchev–Trinajstić information content (AvgIpc) is 3.54. The largest absolute Gasteiger partial charge is 0.508 e. The van der Waals surface area contributed by atoms with Crippen LogP contribution >= 0.6 is 27.3 Å². The number of para-hydroxylation sites is 1. The Hall–Kier alpha value is -3.82. The number of nitrogens with zero attached hydrogens (tertiary/aromatic N) is 4. The van der Waals surface area contributed by atoms with Gasteiger partial charge in [-0.05, 0) is 29.8 Å². The van der Waals surface area contributed by atoms with E-state index in [0.717, 1.165) is 15.7 Å². The van der Waals surface area contributed by atoms with Crippen LogP contribution in [-0.2, 0) is 4.79 Å². The van der Waals surface area contributed by atoms with Gasteiger partial charge in [0, 0.05) is 21.7 Å². The summed E-state index contributed by atoms with van der Waals surface area (Å²) < 4.78 is 0.805. The minimum Gasteiger partial charge on any atom is -0.508 e. The van der Waals surface area contributed by atoms with Crippen LogP contribution in [0.25, 0.3) is 5.57 Å². The number of thiazole rings is 1. The summed E-state index contributed by atoms with van der Waals surface area (Å²) in [6.07, 6.45) is 0.540. The second-order valence-corrected chi connectivity index (χ2v) is 10.0. The zero-order valence-corrected chi connectivity index (χ0v) is 20.5.